The predicted octanol–water partition coefficient (Wildman–Crippen LogP) is 2.97. The van der Waals surface area contributed by atoms with Gasteiger partial charge in [0.2, 0.25) is 0 Å². The molecule has 2 rings (SSSR count). The molecule has 0 radical (unpaired) electrons. The lowest BCUT2D eigenvalue weighted by molar-refractivity contribution is -0.384. The summed E-state index contributed by atoms with van der Waals surface area (Å²) in [5.41, 5.74) is 0.704. The SMILES string of the molecule is CC(C)N(CC1CCNCC1)c1c(Br)cncc1[N+](=O)[O-]. The molecular formula is C14H21BrN4O2. The standard InChI is InChI=1S/C14H21BrN4O2/c1-10(2)18(9-11-3-5-16-6-4-11)14-12(15)7-17-8-13(14)19(20)21/h7-8,10-11,16H,3-6,9H2,1-2H3. The van der Waals surface area contributed by atoms with Crippen LogP contribution in [0, 0.1) is 16.0 Å². The molecular weight excluding hydrogens is 336 g/mol. The Hall–Kier alpha value is -1.21. The van der Waals surface area contributed by atoms with Crippen LogP contribution < -0.4 is 10.2 Å². The van der Waals surface area contributed by atoms with E-state index in [9.17, 15) is 10.1 Å². The van der Waals surface area contributed by atoms with Crippen molar-refractivity contribution in [3.63, 3.8) is 0 Å². The molecule has 1 saturated heterocycles. The smallest absolute Gasteiger partial charge is 0.311 e. The third kappa shape index (κ3) is 3.91. The van der Waals surface area contributed by atoms with Crippen molar-refractivity contribution in [3.8, 4) is 0 Å². The van der Waals surface area contributed by atoms with Crippen molar-refractivity contribution in [1.29, 1.82) is 0 Å². The number of piperidine rings is 1. The normalized spacial score (nSPS) is 16.2. The second kappa shape index (κ2) is 7.17. The maximum atomic E-state index is 11.3. The van der Waals surface area contributed by atoms with Crippen LogP contribution in [0.2, 0.25) is 0 Å². The third-order valence-corrected chi connectivity index (χ3v) is 4.45. The molecule has 1 aromatic rings. The molecule has 116 valence electrons. The van der Waals surface area contributed by atoms with Gasteiger partial charge in [-0.1, -0.05) is 0 Å². The summed E-state index contributed by atoms with van der Waals surface area (Å²) in [5.74, 6) is 0.563. The molecule has 1 fully saturated rings. The van der Waals surface area contributed by atoms with E-state index in [-0.39, 0.29) is 16.7 Å². The summed E-state index contributed by atoms with van der Waals surface area (Å²) in [6.45, 7) is 7.02. The molecule has 0 spiro atoms. The fraction of sp³-hybridized carbons (Fsp3) is 0.643. The molecule has 7 heteroatoms. The minimum atomic E-state index is -0.356. The van der Waals surface area contributed by atoms with E-state index < -0.39 is 0 Å². The highest BCUT2D eigenvalue weighted by atomic mass is 79.9. The highest BCUT2D eigenvalue weighted by molar-refractivity contribution is 9.10. The van der Waals surface area contributed by atoms with Crippen molar-refractivity contribution in [2.75, 3.05) is 24.5 Å². The fourth-order valence-corrected chi connectivity index (χ4v) is 3.29. The van der Waals surface area contributed by atoms with Crippen LogP contribution in [-0.4, -0.2) is 35.6 Å². The molecule has 6 nitrogen and oxygen atoms in total. The largest absolute Gasteiger partial charge is 0.362 e. The van der Waals surface area contributed by atoms with E-state index in [0.717, 1.165) is 32.5 Å². The van der Waals surface area contributed by atoms with E-state index in [1.54, 1.807) is 6.20 Å². The molecule has 1 N–H and O–H groups in total. The van der Waals surface area contributed by atoms with Gasteiger partial charge < -0.3 is 10.2 Å². The first-order valence-electron chi connectivity index (χ1n) is 7.26. The first-order valence-corrected chi connectivity index (χ1v) is 8.05. The van der Waals surface area contributed by atoms with E-state index in [4.69, 9.17) is 0 Å². The Balaban J connectivity index is 2.31. The molecule has 0 atom stereocenters. The molecule has 1 aromatic heterocycles. The maximum Gasteiger partial charge on any atom is 0.311 e. The van der Waals surface area contributed by atoms with Gasteiger partial charge in [0, 0.05) is 18.8 Å². The summed E-state index contributed by atoms with van der Waals surface area (Å²) < 4.78 is 0.680. The first kappa shape index (κ1) is 16.2. The minimum Gasteiger partial charge on any atom is -0.362 e. The second-order valence-corrected chi connectivity index (χ2v) is 6.54. The van der Waals surface area contributed by atoms with Gasteiger partial charge in [0.15, 0.2) is 0 Å². The van der Waals surface area contributed by atoms with Gasteiger partial charge in [-0.15, -0.1) is 0 Å². The summed E-state index contributed by atoms with van der Waals surface area (Å²) in [6.07, 6.45) is 5.18. The molecule has 0 aliphatic carbocycles. The van der Waals surface area contributed by atoms with Gasteiger partial charge in [0.05, 0.1) is 9.40 Å². The summed E-state index contributed by atoms with van der Waals surface area (Å²) in [4.78, 5) is 17.0. The zero-order valence-corrected chi connectivity index (χ0v) is 14.0. The van der Waals surface area contributed by atoms with E-state index >= 15 is 0 Å². The topological polar surface area (TPSA) is 71.3 Å². The number of halogens is 1. The summed E-state index contributed by atoms with van der Waals surface area (Å²) >= 11 is 3.43. The maximum absolute atomic E-state index is 11.3. The lowest BCUT2D eigenvalue weighted by Crippen LogP contribution is -2.40. The van der Waals surface area contributed by atoms with E-state index in [1.807, 2.05) is 0 Å². The highest BCUT2D eigenvalue weighted by Crippen LogP contribution is 2.36. The number of rotatable bonds is 5. The Morgan fingerprint density at radius 1 is 1.48 bits per heavy atom. The average molecular weight is 357 g/mol. The Morgan fingerprint density at radius 2 is 2.14 bits per heavy atom. The van der Waals surface area contributed by atoms with Crippen molar-refractivity contribution in [3.05, 3.63) is 27.0 Å². The molecule has 0 unspecified atom stereocenters. The number of nitrogens with zero attached hydrogens (tertiary/aromatic N) is 3. The molecule has 2 heterocycles. The summed E-state index contributed by atoms with van der Waals surface area (Å²) in [6, 6.07) is 0.192. The van der Waals surface area contributed by atoms with Gasteiger partial charge >= 0.3 is 5.69 Å². The molecule has 0 saturated carbocycles. The molecule has 0 amide bonds. The lowest BCUT2D eigenvalue weighted by Gasteiger charge is -2.34. The van der Waals surface area contributed by atoms with Crippen LogP contribution in [0.3, 0.4) is 0 Å². The fourth-order valence-electron chi connectivity index (χ4n) is 2.74. The van der Waals surface area contributed by atoms with Crippen molar-refractivity contribution < 1.29 is 4.92 Å². The molecule has 1 aliphatic heterocycles. The van der Waals surface area contributed by atoms with Crippen LogP contribution >= 0.6 is 15.9 Å². The van der Waals surface area contributed by atoms with Crippen molar-refractivity contribution >= 4 is 27.3 Å². The highest BCUT2D eigenvalue weighted by Gasteiger charge is 2.27. The number of hydrogen-bond donors (Lipinski definition) is 1. The van der Waals surface area contributed by atoms with Crippen LogP contribution in [0.4, 0.5) is 11.4 Å². The monoisotopic (exact) mass is 356 g/mol. The molecule has 21 heavy (non-hydrogen) atoms. The predicted molar refractivity (Wildman–Crippen MR) is 86.7 cm³/mol. The lowest BCUT2D eigenvalue weighted by atomic mass is 9.96. The zero-order chi connectivity index (χ0) is 15.4. The van der Waals surface area contributed by atoms with Crippen LogP contribution in [0.1, 0.15) is 26.7 Å². The Morgan fingerprint density at radius 3 is 2.71 bits per heavy atom. The summed E-state index contributed by atoms with van der Waals surface area (Å²) in [5, 5.41) is 14.7. The Labute approximate surface area is 133 Å². The molecule has 0 aromatic carbocycles. The van der Waals surface area contributed by atoms with Gasteiger partial charge in [-0.05, 0) is 61.6 Å². The number of pyridine rings is 1. The van der Waals surface area contributed by atoms with Gasteiger partial charge in [-0.2, -0.15) is 0 Å². The van der Waals surface area contributed by atoms with Gasteiger partial charge in [-0.3, -0.25) is 15.1 Å². The van der Waals surface area contributed by atoms with E-state index in [2.05, 4.69) is 45.0 Å². The van der Waals surface area contributed by atoms with Crippen LogP contribution in [0.15, 0.2) is 16.9 Å². The van der Waals surface area contributed by atoms with E-state index in [1.165, 1.54) is 6.20 Å². The van der Waals surface area contributed by atoms with Crippen molar-refractivity contribution in [1.82, 2.24) is 10.3 Å². The Kier molecular flexibility index (Phi) is 5.52. The van der Waals surface area contributed by atoms with Crippen molar-refractivity contribution in [2.24, 2.45) is 5.92 Å². The molecule has 0 bridgehead atoms. The number of nitrogens with one attached hydrogen (secondary N) is 1. The number of anilines is 1. The summed E-state index contributed by atoms with van der Waals surface area (Å²) in [7, 11) is 0. The molecule has 1 aliphatic rings. The number of hydrogen-bond acceptors (Lipinski definition) is 5. The van der Waals surface area contributed by atoms with E-state index in [0.29, 0.717) is 16.1 Å². The zero-order valence-electron chi connectivity index (χ0n) is 12.4. The number of nitro groups is 1. The quantitative estimate of drug-likeness (QED) is 0.648. The van der Waals surface area contributed by atoms with Gasteiger partial charge in [0.25, 0.3) is 0 Å². The third-order valence-electron chi connectivity index (χ3n) is 3.87. The van der Waals surface area contributed by atoms with Crippen LogP contribution in [0.25, 0.3) is 0 Å². The first-order chi connectivity index (χ1) is 10.0. The van der Waals surface area contributed by atoms with Gasteiger partial charge in [0.1, 0.15) is 11.9 Å². The minimum absolute atomic E-state index is 0.0620. The van der Waals surface area contributed by atoms with Crippen molar-refractivity contribution in [2.45, 2.75) is 32.7 Å². The second-order valence-electron chi connectivity index (χ2n) is 5.69. The van der Waals surface area contributed by atoms with Crippen LogP contribution in [0.5, 0.6) is 0 Å². The van der Waals surface area contributed by atoms with Gasteiger partial charge in [-0.25, -0.2) is 0 Å². The number of aromatic nitrogens is 1. The van der Waals surface area contributed by atoms with Crippen LogP contribution in [-0.2, 0) is 0 Å². The Bertz CT molecular complexity index is 504. The average Bonchev–Trinajstić information content (AvgIpc) is 2.45.